The van der Waals surface area contributed by atoms with Gasteiger partial charge in [-0.05, 0) is 37.3 Å². The van der Waals surface area contributed by atoms with Crippen molar-refractivity contribution in [2.45, 2.75) is 23.8 Å². The second-order valence-electron chi connectivity index (χ2n) is 3.33. The number of hydrogen-bond acceptors (Lipinski definition) is 3. The molecule has 14 heavy (non-hydrogen) atoms. The number of benzene rings is 1. The Bertz CT molecular complexity index is 321. The van der Waals surface area contributed by atoms with Crippen LogP contribution in [0.1, 0.15) is 12.8 Å². The highest BCUT2D eigenvalue weighted by Crippen LogP contribution is 2.35. The zero-order valence-electron chi connectivity index (χ0n) is 8.45. The predicted molar refractivity (Wildman–Crippen MR) is 58.4 cm³/mol. The molecule has 0 radical (unpaired) electrons. The maximum atomic E-state index is 5.77. The molecule has 0 aromatic heterocycles. The summed E-state index contributed by atoms with van der Waals surface area (Å²) in [7, 11) is 1.68. The van der Waals surface area contributed by atoms with Gasteiger partial charge in [-0.15, -0.1) is 11.8 Å². The third-order valence-corrected chi connectivity index (χ3v) is 2.95. The molecule has 2 nitrogen and oxygen atoms in total. The molecular weight excluding hydrogens is 196 g/mol. The van der Waals surface area contributed by atoms with Crippen LogP contribution in [0.3, 0.4) is 0 Å². The minimum absolute atomic E-state index is 0.453. The van der Waals surface area contributed by atoms with Crippen LogP contribution in [0, 0.1) is 0 Å². The molecule has 3 heteroatoms. The third kappa shape index (κ3) is 2.15. The molecule has 0 amide bonds. The van der Waals surface area contributed by atoms with Crippen LogP contribution >= 0.6 is 11.8 Å². The van der Waals surface area contributed by atoms with Gasteiger partial charge in [0.1, 0.15) is 11.5 Å². The maximum absolute atomic E-state index is 5.77. The third-order valence-electron chi connectivity index (χ3n) is 2.19. The van der Waals surface area contributed by atoms with Gasteiger partial charge in [0.2, 0.25) is 0 Å². The molecule has 0 aliphatic heterocycles. The van der Waals surface area contributed by atoms with Crippen molar-refractivity contribution in [2.24, 2.45) is 0 Å². The van der Waals surface area contributed by atoms with Crippen LogP contribution in [0.25, 0.3) is 0 Å². The second-order valence-corrected chi connectivity index (χ2v) is 4.18. The van der Waals surface area contributed by atoms with Crippen LogP contribution in [-0.4, -0.2) is 19.5 Å². The summed E-state index contributed by atoms with van der Waals surface area (Å²) in [6.45, 7) is 0. The molecule has 1 aliphatic carbocycles. The lowest BCUT2D eigenvalue weighted by atomic mass is 10.3. The zero-order chi connectivity index (χ0) is 9.97. The molecule has 0 saturated heterocycles. The highest BCUT2D eigenvalue weighted by Gasteiger charge is 2.24. The second kappa shape index (κ2) is 4.13. The van der Waals surface area contributed by atoms with Gasteiger partial charge in [-0.25, -0.2) is 0 Å². The lowest BCUT2D eigenvalue weighted by molar-refractivity contribution is 0.295. The van der Waals surface area contributed by atoms with Crippen LogP contribution in [0.15, 0.2) is 23.1 Å². The fourth-order valence-corrected chi connectivity index (χ4v) is 1.79. The highest BCUT2D eigenvalue weighted by atomic mass is 32.2. The van der Waals surface area contributed by atoms with Crippen LogP contribution in [-0.2, 0) is 0 Å². The van der Waals surface area contributed by atoms with Crippen molar-refractivity contribution >= 4 is 11.8 Å². The van der Waals surface area contributed by atoms with E-state index in [9.17, 15) is 0 Å². The van der Waals surface area contributed by atoms with E-state index < -0.39 is 0 Å². The largest absolute Gasteiger partial charge is 0.497 e. The summed E-state index contributed by atoms with van der Waals surface area (Å²) in [4.78, 5) is 1.15. The number of hydrogen-bond donors (Lipinski definition) is 0. The van der Waals surface area contributed by atoms with E-state index in [-0.39, 0.29) is 0 Å². The molecule has 1 aliphatic rings. The fourth-order valence-electron chi connectivity index (χ4n) is 1.24. The van der Waals surface area contributed by atoms with Crippen LogP contribution in [0.2, 0.25) is 0 Å². The first-order valence-electron chi connectivity index (χ1n) is 4.72. The Balaban J connectivity index is 2.19. The molecule has 0 spiro atoms. The minimum atomic E-state index is 0.453. The normalized spacial score (nSPS) is 15.3. The van der Waals surface area contributed by atoms with Crippen molar-refractivity contribution < 1.29 is 9.47 Å². The van der Waals surface area contributed by atoms with E-state index >= 15 is 0 Å². The lowest BCUT2D eigenvalue weighted by Gasteiger charge is -2.10. The maximum Gasteiger partial charge on any atom is 0.133 e. The minimum Gasteiger partial charge on any atom is -0.497 e. The van der Waals surface area contributed by atoms with E-state index in [0.29, 0.717) is 6.10 Å². The SMILES string of the molecule is COc1ccc(OC2CC2)c(SC)c1. The van der Waals surface area contributed by atoms with Crippen LogP contribution < -0.4 is 9.47 Å². The summed E-state index contributed by atoms with van der Waals surface area (Å²) in [5, 5.41) is 0. The Morgan fingerprint density at radius 3 is 2.71 bits per heavy atom. The van der Waals surface area contributed by atoms with E-state index in [4.69, 9.17) is 9.47 Å². The summed E-state index contributed by atoms with van der Waals surface area (Å²) in [6.07, 6.45) is 4.89. The molecule has 0 heterocycles. The zero-order valence-corrected chi connectivity index (χ0v) is 9.26. The Kier molecular flexibility index (Phi) is 2.87. The van der Waals surface area contributed by atoms with Gasteiger partial charge < -0.3 is 9.47 Å². The van der Waals surface area contributed by atoms with E-state index in [1.54, 1.807) is 18.9 Å². The highest BCUT2D eigenvalue weighted by molar-refractivity contribution is 7.98. The summed E-state index contributed by atoms with van der Waals surface area (Å²) >= 11 is 1.69. The Morgan fingerprint density at radius 1 is 1.36 bits per heavy atom. The molecule has 76 valence electrons. The van der Waals surface area contributed by atoms with Gasteiger partial charge >= 0.3 is 0 Å². The van der Waals surface area contributed by atoms with Gasteiger partial charge in [-0.2, -0.15) is 0 Å². The summed E-state index contributed by atoms with van der Waals surface area (Å²) < 4.78 is 10.9. The molecule has 1 saturated carbocycles. The Hall–Kier alpha value is -0.830. The number of ether oxygens (including phenoxy) is 2. The Labute approximate surface area is 88.6 Å². The van der Waals surface area contributed by atoms with Gasteiger partial charge in [-0.3, -0.25) is 0 Å². The van der Waals surface area contributed by atoms with Gasteiger partial charge in [0.05, 0.1) is 18.1 Å². The molecule has 1 aromatic carbocycles. The molecule has 0 unspecified atom stereocenters. The fraction of sp³-hybridized carbons (Fsp3) is 0.455. The average molecular weight is 210 g/mol. The number of rotatable bonds is 4. The molecule has 0 N–H and O–H groups in total. The molecule has 2 rings (SSSR count). The summed E-state index contributed by atoms with van der Waals surface area (Å²) in [6, 6.07) is 5.95. The predicted octanol–water partition coefficient (Wildman–Crippen LogP) is 2.96. The average Bonchev–Trinajstić information content (AvgIpc) is 3.02. The standard InChI is InChI=1S/C11H14O2S/c1-12-9-5-6-10(11(7-9)14-2)13-8-3-4-8/h5-8H,3-4H2,1-2H3. The molecule has 0 atom stereocenters. The Morgan fingerprint density at radius 2 is 2.14 bits per heavy atom. The number of methoxy groups -OCH3 is 1. The van der Waals surface area contributed by atoms with E-state index in [2.05, 4.69) is 6.26 Å². The quantitative estimate of drug-likeness (QED) is 0.712. The van der Waals surface area contributed by atoms with Crippen molar-refractivity contribution in [2.75, 3.05) is 13.4 Å². The van der Waals surface area contributed by atoms with Crippen LogP contribution in [0.4, 0.5) is 0 Å². The first-order valence-corrected chi connectivity index (χ1v) is 5.94. The van der Waals surface area contributed by atoms with Crippen molar-refractivity contribution in [1.82, 2.24) is 0 Å². The van der Waals surface area contributed by atoms with Gasteiger partial charge in [0.25, 0.3) is 0 Å². The number of thioether (sulfide) groups is 1. The lowest BCUT2D eigenvalue weighted by Crippen LogP contribution is -1.97. The van der Waals surface area contributed by atoms with Crippen molar-refractivity contribution in [3.63, 3.8) is 0 Å². The van der Waals surface area contributed by atoms with E-state index in [1.807, 2.05) is 18.2 Å². The smallest absolute Gasteiger partial charge is 0.133 e. The van der Waals surface area contributed by atoms with Crippen molar-refractivity contribution in [1.29, 1.82) is 0 Å². The van der Waals surface area contributed by atoms with E-state index in [0.717, 1.165) is 16.4 Å². The summed E-state index contributed by atoms with van der Waals surface area (Å²) in [5.74, 6) is 1.87. The van der Waals surface area contributed by atoms with Crippen molar-refractivity contribution in [3.05, 3.63) is 18.2 Å². The van der Waals surface area contributed by atoms with Gasteiger partial charge in [-0.1, -0.05) is 0 Å². The van der Waals surface area contributed by atoms with Crippen molar-refractivity contribution in [3.8, 4) is 11.5 Å². The van der Waals surface area contributed by atoms with Gasteiger partial charge in [0, 0.05) is 0 Å². The first-order chi connectivity index (χ1) is 6.83. The molecule has 1 fully saturated rings. The van der Waals surface area contributed by atoms with Gasteiger partial charge in [0.15, 0.2) is 0 Å². The molecule has 1 aromatic rings. The van der Waals surface area contributed by atoms with E-state index in [1.165, 1.54) is 12.8 Å². The molecular formula is C11H14O2S. The topological polar surface area (TPSA) is 18.5 Å². The monoisotopic (exact) mass is 210 g/mol. The van der Waals surface area contributed by atoms with Crippen LogP contribution in [0.5, 0.6) is 11.5 Å². The first kappa shape index (κ1) is 9.71. The molecule has 0 bridgehead atoms. The summed E-state index contributed by atoms with van der Waals surface area (Å²) in [5.41, 5.74) is 0.